The Hall–Kier alpha value is -1.36. The van der Waals surface area contributed by atoms with E-state index in [9.17, 15) is 8.78 Å². The van der Waals surface area contributed by atoms with Crippen molar-refractivity contribution in [2.45, 2.75) is 18.9 Å². The fourth-order valence-electron chi connectivity index (χ4n) is 1.80. The minimum absolute atomic E-state index is 0.0641. The van der Waals surface area contributed by atoms with E-state index in [4.69, 9.17) is 5.73 Å². The van der Waals surface area contributed by atoms with Crippen LogP contribution in [0, 0.1) is 11.6 Å². The lowest BCUT2D eigenvalue weighted by atomic mass is 10.2. The lowest BCUT2D eigenvalue weighted by Gasteiger charge is -2.17. The third kappa shape index (κ3) is 2.85. The molecule has 1 aliphatic carbocycles. The third-order valence-electron chi connectivity index (χ3n) is 3.06. The molecule has 0 atom stereocenters. The van der Waals surface area contributed by atoms with E-state index in [-0.39, 0.29) is 11.4 Å². The van der Waals surface area contributed by atoms with Crippen molar-refractivity contribution in [2.24, 2.45) is 0 Å². The molecular formula is C12H17F2N3. The van der Waals surface area contributed by atoms with Gasteiger partial charge in [-0.15, -0.1) is 0 Å². The van der Waals surface area contributed by atoms with Gasteiger partial charge in [-0.2, -0.15) is 0 Å². The normalized spacial score (nSPS) is 15.3. The molecule has 0 radical (unpaired) electrons. The van der Waals surface area contributed by atoms with E-state index in [1.807, 2.05) is 7.05 Å². The SMILES string of the molecule is CN(CCNc1c(N)ccc(F)c1F)C1CC1. The second kappa shape index (κ2) is 4.87. The Morgan fingerprint density at radius 2 is 2.12 bits per heavy atom. The molecule has 0 amide bonds. The molecule has 1 aromatic rings. The van der Waals surface area contributed by atoms with Gasteiger partial charge in [0.25, 0.3) is 0 Å². The maximum atomic E-state index is 13.4. The topological polar surface area (TPSA) is 41.3 Å². The van der Waals surface area contributed by atoms with Crippen LogP contribution >= 0.6 is 0 Å². The molecule has 2 rings (SSSR count). The molecule has 1 aromatic carbocycles. The van der Waals surface area contributed by atoms with E-state index >= 15 is 0 Å². The summed E-state index contributed by atoms with van der Waals surface area (Å²) >= 11 is 0. The van der Waals surface area contributed by atoms with Crippen molar-refractivity contribution >= 4 is 11.4 Å². The van der Waals surface area contributed by atoms with Crippen molar-refractivity contribution < 1.29 is 8.78 Å². The Labute approximate surface area is 99.6 Å². The lowest BCUT2D eigenvalue weighted by Crippen LogP contribution is -2.27. The maximum Gasteiger partial charge on any atom is 0.183 e. The molecular weight excluding hydrogens is 224 g/mol. The van der Waals surface area contributed by atoms with Crippen LogP contribution in [0.15, 0.2) is 12.1 Å². The molecule has 0 heterocycles. The van der Waals surface area contributed by atoms with Crippen LogP contribution in [0.5, 0.6) is 0 Å². The van der Waals surface area contributed by atoms with Crippen molar-refractivity contribution in [2.75, 3.05) is 31.2 Å². The minimum Gasteiger partial charge on any atom is -0.397 e. The molecule has 1 saturated carbocycles. The summed E-state index contributed by atoms with van der Waals surface area (Å²) < 4.78 is 26.4. The zero-order chi connectivity index (χ0) is 12.4. The number of rotatable bonds is 5. The average Bonchev–Trinajstić information content (AvgIpc) is 3.12. The second-order valence-corrected chi connectivity index (χ2v) is 4.46. The van der Waals surface area contributed by atoms with Gasteiger partial charge in [0.2, 0.25) is 0 Å². The first-order valence-electron chi connectivity index (χ1n) is 5.77. The summed E-state index contributed by atoms with van der Waals surface area (Å²) in [5.74, 6) is -1.78. The number of hydrogen-bond donors (Lipinski definition) is 2. The summed E-state index contributed by atoms with van der Waals surface area (Å²) in [5, 5.41) is 2.85. The maximum absolute atomic E-state index is 13.4. The van der Waals surface area contributed by atoms with Crippen LogP contribution in [-0.4, -0.2) is 31.1 Å². The minimum atomic E-state index is -0.904. The van der Waals surface area contributed by atoms with Gasteiger partial charge in [0.05, 0.1) is 11.4 Å². The largest absolute Gasteiger partial charge is 0.397 e. The van der Waals surface area contributed by atoms with Crippen molar-refractivity contribution in [3.05, 3.63) is 23.8 Å². The summed E-state index contributed by atoms with van der Waals surface area (Å²) in [6.45, 7) is 1.34. The molecule has 0 aliphatic heterocycles. The molecule has 0 unspecified atom stereocenters. The van der Waals surface area contributed by atoms with Crippen LogP contribution in [0.4, 0.5) is 20.2 Å². The number of benzene rings is 1. The Morgan fingerprint density at radius 3 is 2.76 bits per heavy atom. The van der Waals surface area contributed by atoms with Gasteiger partial charge < -0.3 is 16.0 Å². The van der Waals surface area contributed by atoms with Gasteiger partial charge in [-0.25, -0.2) is 8.78 Å². The summed E-state index contributed by atoms with van der Waals surface area (Å²) in [6, 6.07) is 3.06. The van der Waals surface area contributed by atoms with Crippen molar-refractivity contribution in [3.8, 4) is 0 Å². The molecule has 3 N–H and O–H groups in total. The summed E-state index contributed by atoms with van der Waals surface area (Å²) in [6.07, 6.45) is 2.46. The van der Waals surface area contributed by atoms with Gasteiger partial charge in [0.15, 0.2) is 11.6 Å². The van der Waals surface area contributed by atoms with Crippen molar-refractivity contribution in [3.63, 3.8) is 0 Å². The van der Waals surface area contributed by atoms with E-state index in [1.54, 1.807) is 0 Å². The van der Waals surface area contributed by atoms with E-state index in [2.05, 4.69) is 10.2 Å². The number of anilines is 2. The van der Waals surface area contributed by atoms with Gasteiger partial charge in [-0.3, -0.25) is 0 Å². The molecule has 1 fully saturated rings. The number of nitrogen functional groups attached to an aromatic ring is 1. The predicted molar refractivity (Wildman–Crippen MR) is 64.9 cm³/mol. The summed E-state index contributed by atoms with van der Waals surface area (Å²) in [7, 11) is 2.03. The molecule has 0 saturated heterocycles. The lowest BCUT2D eigenvalue weighted by molar-refractivity contribution is 0.337. The highest BCUT2D eigenvalue weighted by molar-refractivity contribution is 5.66. The van der Waals surface area contributed by atoms with Crippen LogP contribution in [0.1, 0.15) is 12.8 Å². The number of nitrogens with two attached hydrogens (primary N) is 1. The number of halogens is 2. The Balaban J connectivity index is 1.91. The standard InChI is InChI=1S/C12H17F2N3/c1-17(8-2-3-8)7-6-16-12-10(15)5-4-9(13)11(12)14/h4-5,8,16H,2-3,6-7,15H2,1H3. The molecule has 17 heavy (non-hydrogen) atoms. The highest BCUT2D eigenvalue weighted by atomic mass is 19.2. The molecule has 1 aliphatic rings. The van der Waals surface area contributed by atoms with Gasteiger partial charge in [-0.05, 0) is 32.0 Å². The molecule has 3 nitrogen and oxygen atoms in total. The van der Waals surface area contributed by atoms with E-state index < -0.39 is 11.6 Å². The van der Waals surface area contributed by atoms with E-state index in [1.165, 1.54) is 18.9 Å². The fourth-order valence-corrected chi connectivity index (χ4v) is 1.80. The first-order chi connectivity index (χ1) is 8.09. The Kier molecular flexibility index (Phi) is 3.47. The monoisotopic (exact) mass is 241 g/mol. The quantitative estimate of drug-likeness (QED) is 0.775. The number of hydrogen-bond acceptors (Lipinski definition) is 3. The van der Waals surface area contributed by atoms with Crippen LogP contribution in [0.25, 0.3) is 0 Å². The zero-order valence-corrected chi connectivity index (χ0v) is 9.84. The molecule has 94 valence electrons. The molecule has 0 bridgehead atoms. The summed E-state index contributed by atoms with van der Waals surface area (Å²) in [4.78, 5) is 2.21. The average molecular weight is 241 g/mol. The van der Waals surface area contributed by atoms with Crippen molar-refractivity contribution in [1.82, 2.24) is 4.90 Å². The van der Waals surface area contributed by atoms with Crippen LogP contribution in [0.3, 0.4) is 0 Å². The van der Waals surface area contributed by atoms with Crippen molar-refractivity contribution in [1.29, 1.82) is 0 Å². The van der Waals surface area contributed by atoms with Crippen LogP contribution < -0.4 is 11.1 Å². The summed E-state index contributed by atoms with van der Waals surface area (Å²) in [5.41, 5.74) is 5.89. The zero-order valence-electron chi connectivity index (χ0n) is 9.84. The van der Waals surface area contributed by atoms with Crippen LogP contribution in [-0.2, 0) is 0 Å². The van der Waals surface area contributed by atoms with E-state index in [0.29, 0.717) is 12.6 Å². The van der Waals surface area contributed by atoms with Gasteiger partial charge in [0.1, 0.15) is 0 Å². The number of nitrogens with zero attached hydrogens (tertiary/aromatic N) is 1. The fraction of sp³-hybridized carbons (Fsp3) is 0.500. The first kappa shape index (κ1) is 12.1. The van der Waals surface area contributed by atoms with Gasteiger partial charge in [0, 0.05) is 19.1 Å². The Bertz CT molecular complexity index is 405. The molecule has 0 aromatic heterocycles. The van der Waals surface area contributed by atoms with Gasteiger partial charge in [-0.1, -0.05) is 0 Å². The number of nitrogens with one attached hydrogen (secondary N) is 1. The molecule has 0 spiro atoms. The highest BCUT2D eigenvalue weighted by Crippen LogP contribution is 2.26. The smallest absolute Gasteiger partial charge is 0.183 e. The first-order valence-corrected chi connectivity index (χ1v) is 5.77. The second-order valence-electron chi connectivity index (χ2n) is 4.46. The van der Waals surface area contributed by atoms with Crippen LogP contribution in [0.2, 0.25) is 0 Å². The van der Waals surface area contributed by atoms with E-state index in [0.717, 1.165) is 12.6 Å². The van der Waals surface area contributed by atoms with Gasteiger partial charge >= 0.3 is 0 Å². The molecule has 5 heteroatoms. The third-order valence-corrected chi connectivity index (χ3v) is 3.06. The Morgan fingerprint density at radius 1 is 1.41 bits per heavy atom. The number of likely N-dealkylation sites (N-methyl/N-ethyl adjacent to an activating group) is 1. The predicted octanol–water partition coefficient (Wildman–Crippen LogP) is 2.05. The highest BCUT2D eigenvalue weighted by Gasteiger charge is 2.25.